The average Bonchev–Trinajstić information content (AvgIpc) is 3.27. The first-order valence-corrected chi connectivity index (χ1v) is 7.70. The highest BCUT2D eigenvalue weighted by atomic mass is 16.5. The van der Waals surface area contributed by atoms with E-state index in [4.69, 9.17) is 9.15 Å². The van der Waals surface area contributed by atoms with Crippen LogP contribution in [0.3, 0.4) is 0 Å². The molecule has 3 nitrogen and oxygen atoms in total. The fraction of sp³-hybridized carbons (Fsp3) is 0.444. The molecule has 1 saturated carbocycles. The summed E-state index contributed by atoms with van der Waals surface area (Å²) in [7, 11) is 0. The molecule has 112 valence electrons. The topological polar surface area (TPSA) is 34.4 Å². The molecular formula is C18H23NO2. The molecule has 1 unspecified atom stereocenters. The van der Waals surface area contributed by atoms with Crippen molar-refractivity contribution in [2.45, 2.75) is 52.0 Å². The summed E-state index contributed by atoms with van der Waals surface area (Å²) in [6, 6.07) is 13.1. The van der Waals surface area contributed by atoms with Crippen LogP contribution in [0.5, 0.6) is 0 Å². The van der Waals surface area contributed by atoms with E-state index in [1.807, 2.05) is 25.1 Å². The predicted octanol–water partition coefficient (Wildman–Crippen LogP) is 4.12. The smallest absolute Gasteiger partial charge is 0.130 e. The van der Waals surface area contributed by atoms with Gasteiger partial charge in [-0.3, -0.25) is 0 Å². The summed E-state index contributed by atoms with van der Waals surface area (Å²) >= 11 is 0. The predicted molar refractivity (Wildman–Crippen MR) is 83.0 cm³/mol. The zero-order valence-corrected chi connectivity index (χ0v) is 12.8. The zero-order valence-electron chi connectivity index (χ0n) is 12.8. The molecule has 1 aliphatic carbocycles. The first kappa shape index (κ1) is 14.4. The normalized spacial score (nSPS) is 16.1. The van der Waals surface area contributed by atoms with Crippen molar-refractivity contribution in [3.63, 3.8) is 0 Å². The van der Waals surface area contributed by atoms with Gasteiger partial charge in [-0.2, -0.15) is 0 Å². The van der Waals surface area contributed by atoms with Crippen LogP contribution in [0.4, 0.5) is 0 Å². The van der Waals surface area contributed by atoms with Gasteiger partial charge in [0.05, 0.1) is 6.10 Å². The Morgan fingerprint density at radius 1 is 1.29 bits per heavy atom. The lowest BCUT2D eigenvalue weighted by Gasteiger charge is -2.12. The Bertz CT molecular complexity index is 572. The van der Waals surface area contributed by atoms with Crippen molar-refractivity contribution in [1.82, 2.24) is 5.32 Å². The van der Waals surface area contributed by atoms with E-state index in [0.29, 0.717) is 6.61 Å². The maximum atomic E-state index is 5.91. The number of nitrogens with one attached hydrogen (secondary N) is 1. The molecular weight excluding hydrogens is 262 g/mol. The Kier molecular flexibility index (Phi) is 4.42. The van der Waals surface area contributed by atoms with Crippen molar-refractivity contribution >= 4 is 0 Å². The van der Waals surface area contributed by atoms with Crippen LogP contribution in [0.25, 0.3) is 0 Å². The molecule has 1 atom stereocenters. The number of benzene rings is 1. The number of hydrogen-bond acceptors (Lipinski definition) is 3. The molecule has 2 aromatic rings. The van der Waals surface area contributed by atoms with Crippen LogP contribution in [-0.2, 0) is 17.9 Å². The average molecular weight is 285 g/mol. The number of aryl methyl sites for hydroxylation is 1. The highest BCUT2D eigenvalue weighted by Crippen LogP contribution is 2.23. The van der Waals surface area contributed by atoms with Gasteiger partial charge >= 0.3 is 0 Å². The van der Waals surface area contributed by atoms with E-state index in [1.54, 1.807) is 0 Å². The van der Waals surface area contributed by atoms with Gasteiger partial charge in [0.2, 0.25) is 0 Å². The van der Waals surface area contributed by atoms with E-state index in [2.05, 4.69) is 30.4 Å². The van der Waals surface area contributed by atoms with Gasteiger partial charge in [-0.15, -0.1) is 0 Å². The third-order valence-corrected chi connectivity index (χ3v) is 3.97. The van der Waals surface area contributed by atoms with E-state index in [-0.39, 0.29) is 6.10 Å². The molecule has 1 aromatic heterocycles. The molecule has 1 aromatic carbocycles. The number of rotatable bonds is 7. The molecule has 3 rings (SSSR count). The second-order valence-electron chi connectivity index (χ2n) is 5.81. The Morgan fingerprint density at radius 2 is 2.05 bits per heavy atom. The van der Waals surface area contributed by atoms with Gasteiger partial charge in [0.1, 0.15) is 18.1 Å². The highest BCUT2D eigenvalue weighted by molar-refractivity contribution is 5.21. The number of ether oxygens (including phenoxy) is 1. The largest absolute Gasteiger partial charge is 0.464 e. The molecule has 0 radical (unpaired) electrons. The molecule has 0 amide bonds. The van der Waals surface area contributed by atoms with Crippen LogP contribution < -0.4 is 5.32 Å². The Balaban J connectivity index is 1.53. The summed E-state index contributed by atoms with van der Waals surface area (Å²) in [4.78, 5) is 0. The molecule has 21 heavy (non-hydrogen) atoms. The maximum Gasteiger partial charge on any atom is 0.130 e. The summed E-state index contributed by atoms with van der Waals surface area (Å²) < 4.78 is 11.7. The van der Waals surface area contributed by atoms with E-state index in [1.165, 1.54) is 24.0 Å². The molecule has 1 aliphatic rings. The van der Waals surface area contributed by atoms with Crippen molar-refractivity contribution in [2.75, 3.05) is 0 Å². The molecule has 3 heteroatoms. The second-order valence-corrected chi connectivity index (χ2v) is 5.81. The quantitative estimate of drug-likeness (QED) is 0.831. The fourth-order valence-corrected chi connectivity index (χ4v) is 2.40. The number of furan rings is 1. The molecule has 0 saturated heterocycles. The van der Waals surface area contributed by atoms with Gasteiger partial charge in [0, 0.05) is 18.2 Å². The SMILES string of the molecule is Cc1oc(COC(C)c2ccccc2)cc1CNC1CC1. The van der Waals surface area contributed by atoms with Gasteiger partial charge in [-0.1, -0.05) is 30.3 Å². The van der Waals surface area contributed by atoms with Gasteiger partial charge in [0.25, 0.3) is 0 Å². The first-order chi connectivity index (χ1) is 10.2. The molecule has 1 N–H and O–H groups in total. The van der Waals surface area contributed by atoms with Crippen LogP contribution in [0.1, 0.15) is 48.5 Å². The summed E-state index contributed by atoms with van der Waals surface area (Å²) in [5.41, 5.74) is 2.43. The van der Waals surface area contributed by atoms with Crippen molar-refractivity contribution in [1.29, 1.82) is 0 Å². The van der Waals surface area contributed by atoms with E-state index in [9.17, 15) is 0 Å². The van der Waals surface area contributed by atoms with Crippen molar-refractivity contribution < 1.29 is 9.15 Å². The van der Waals surface area contributed by atoms with Crippen LogP contribution in [0.15, 0.2) is 40.8 Å². The lowest BCUT2D eigenvalue weighted by atomic mass is 10.1. The van der Waals surface area contributed by atoms with Crippen LogP contribution >= 0.6 is 0 Å². The minimum atomic E-state index is 0.0737. The minimum absolute atomic E-state index is 0.0737. The second kappa shape index (κ2) is 6.46. The lowest BCUT2D eigenvalue weighted by Crippen LogP contribution is -2.15. The van der Waals surface area contributed by atoms with E-state index >= 15 is 0 Å². The maximum absolute atomic E-state index is 5.91. The fourth-order valence-electron chi connectivity index (χ4n) is 2.40. The number of hydrogen-bond donors (Lipinski definition) is 1. The van der Waals surface area contributed by atoms with Gasteiger partial charge in [0.15, 0.2) is 0 Å². The van der Waals surface area contributed by atoms with Crippen LogP contribution in [0.2, 0.25) is 0 Å². The Morgan fingerprint density at radius 3 is 2.76 bits per heavy atom. The summed E-state index contributed by atoms with van der Waals surface area (Å²) in [6.07, 6.45) is 2.69. The monoisotopic (exact) mass is 285 g/mol. The van der Waals surface area contributed by atoms with Crippen LogP contribution in [-0.4, -0.2) is 6.04 Å². The van der Waals surface area contributed by atoms with Crippen molar-refractivity contribution in [3.05, 3.63) is 59.0 Å². The van der Waals surface area contributed by atoms with E-state index < -0.39 is 0 Å². The summed E-state index contributed by atoms with van der Waals surface area (Å²) in [5, 5.41) is 3.52. The molecule has 0 aliphatic heterocycles. The Labute approximate surface area is 126 Å². The van der Waals surface area contributed by atoms with E-state index in [0.717, 1.165) is 24.1 Å². The van der Waals surface area contributed by atoms with Crippen molar-refractivity contribution in [2.24, 2.45) is 0 Å². The molecule has 0 spiro atoms. The summed E-state index contributed by atoms with van der Waals surface area (Å²) in [5.74, 6) is 1.90. The minimum Gasteiger partial charge on any atom is -0.464 e. The van der Waals surface area contributed by atoms with Gasteiger partial charge < -0.3 is 14.5 Å². The molecule has 0 bridgehead atoms. The third kappa shape index (κ3) is 3.96. The van der Waals surface area contributed by atoms with Crippen molar-refractivity contribution in [3.8, 4) is 0 Å². The zero-order chi connectivity index (χ0) is 14.7. The van der Waals surface area contributed by atoms with Gasteiger partial charge in [-0.05, 0) is 38.3 Å². The molecule has 1 heterocycles. The Hall–Kier alpha value is -1.58. The molecule has 1 fully saturated rings. The standard InChI is InChI=1S/C18H23NO2/c1-13(15-6-4-3-5-7-15)20-12-18-10-16(14(2)21-18)11-19-17-8-9-17/h3-7,10,13,17,19H,8-9,11-12H2,1-2H3. The lowest BCUT2D eigenvalue weighted by molar-refractivity contribution is 0.0416. The first-order valence-electron chi connectivity index (χ1n) is 7.70. The van der Waals surface area contributed by atoms with Crippen LogP contribution in [0, 0.1) is 6.92 Å². The highest BCUT2D eigenvalue weighted by Gasteiger charge is 2.21. The van der Waals surface area contributed by atoms with Gasteiger partial charge in [-0.25, -0.2) is 0 Å². The third-order valence-electron chi connectivity index (χ3n) is 3.97. The summed E-state index contributed by atoms with van der Waals surface area (Å²) in [6.45, 7) is 5.50.